The van der Waals surface area contributed by atoms with Gasteiger partial charge in [0.2, 0.25) is 5.95 Å². The summed E-state index contributed by atoms with van der Waals surface area (Å²) in [6, 6.07) is -0.578. The number of rotatable bonds is 4. The summed E-state index contributed by atoms with van der Waals surface area (Å²) < 4.78 is 64.1. The molecule has 2 N–H and O–H groups in total. The minimum absolute atomic E-state index is 0.0145. The van der Waals surface area contributed by atoms with Crippen molar-refractivity contribution in [3.8, 4) is 0 Å². The fourth-order valence-electron chi connectivity index (χ4n) is 4.91. The third-order valence-electron chi connectivity index (χ3n) is 6.42. The summed E-state index contributed by atoms with van der Waals surface area (Å²) >= 11 is 0. The molecule has 31 heavy (non-hydrogen) atoms. The molecule has 1 aromatic heterocycles. The maximum Gasteiger partial charge on any atom is 0.434 e. The van der Waals surface area contributed by atoms with Gasteiger partial charge >= 0.3 is 12.1 Å². The summed E-state index contributed by atoms with van der Waals surface area (Å²) in [6.45, 7) is -0.409. The van der Waals surface area contributed by atoms with E-state index in [0.29, 0.717) is 6.42 Å². The number of carbonyl (C=O) groups is 2. The Kier molecular flexibility index (Phi) is 5.34. The number of hydrogen-bond donors (Lipinski definition) is 2. The zero-order valence-corrected chi connectivity index (χ0v) is 17.1. The maximum atomic E-state index is 13.7. The van der Waals surface area contributed by atoms with Crippen molar-refractivity contribution < 1.29 is 36.3 Å². The Morgan fingerprint density at radius 3 is 2.42 bits per heavy atom. The maximum absolute atomic E-state index is 13.7. The van der Waals surface area contributed by atoms with Crippen molar-refractivity contribution in [2.45, 2.75) is 31.5 Å². The van der Waals surface area contributed by atoms with Gasteiger partial charge in [0, 0.05) is 25.3 Å². The van der Waals surface area contributed by atoms with E-state index in [1.165, 1.54) is 0 Å². The molecule has 3 fully saturated rings. The number of carboxylic acids is 1. The molecule has 2 aliphatic carbocycles. The van der Waals surface area contributed by atoms with E-state index in [0.717, 1.165) is 23.9 Å². The molecule has 4 atom stereocenters. The molecule has 0 radical (unpaired) electrons. The van der Waals surface area contributed by atoms with E-state index in [9.17, 15) is 36.3 Å². The number of carbonyl (C=O) groups excluding carboxylic acids is 1. The molecule has 0 aromatic carbocycles. The number of nitrogens with zero attached hydrogens (tertiary/aromatic N) is 3. The number of alkyl halides is 3. The monoisotopic (exact) mass is 462 g/mol. The van der Waals surface area contributed by atoms with Gasteiger partial charge in [-0.15, -0.1) is 0 Å². The summed E-state index contributed by atoms with van der Waals surface area (Å²) in [6.07, 6.45) is -1.94. The van der Waals surface area contributed by atoms with Crippen molar-refractivity contribution in [2.24, 2.45) is 17.8 Å². The molecule has 2 bridgehead atoms. The minimum Gasteiger partial charge on any atom is -0.481 e. The highest BCUT2D eigenvalue weighted by Crippen LogP contribution is 2.49. The zero-order chi connectivity index (χ0) is 22.6. The van der Waals surface area contributed by atoms with Gasteiger partial charge in [0.05, 0.1) is 23.0 Å². The van der Waals surface area contributed by atoms with E-state index in [2.05, 4.69) is 15.3 Å². The Labute approximate surface area is 176 Å². The first-order chi connectivity index (χ1) is 14.5. The molecule has 170 valence electrons. The van der Waals surface area contributed by atoms with Crippen LogP contribution < -0.4 is 5.32 Å². The molecule has 9 nitrogen and oxygen atoms in total. The molecule has 1 amide bonds. The molecular formula is C18H21F3N4O5S. The van der Waals surface area contributed by atoms with Gasteiger partial charge in [0.1, 0.15) is 0 Å². The van der Waals surface area contributed by atoms with Gasteiger partial charge in [0.15, 0.2) is 15.5 Å². The number of aromatic nitrogens is 2. The normalized spacial score (nSPS) is 29.7. The number of fused-ring (bicyclic) bond motifs is 2. The Hall–Kier alpha value is -2.44. The van der Waals surface area contributed by atoms with Crippen LogP contribution in [0.2, 0.25) is 0 Å². The average molecular weight is 462 g/mol. The van der Waals surface area contributed by atoms with Crippen molar-refractivity contribution in [1.82, 2.24) is 14.9 Å². The fourth-order valence-corrected chi connectivity index (χ4v) is 6.11. The third kappa shape index (κ3) is 4.19. The van der Waals surface area contributed by atoms with Crippen LogP contribution in [0.3, 0.4) is 0 Å². The zero-order valence-electron chi connectivity index (χ0n) is 16.3. The number of sulfone groups is 1. The SMILES string of the molecule is O=C(O)[C@@H]1[C@@H]2CC[C@@H](C2)[C@@H]1Nc1ncc(C(=O)N2CCS(=O)(=O)CC2)c(C(F)(F)F)n1. The molecule has 0 spiro atoms. The molecule has 3 aliphatic rings. The second-order valence-corrected chi connectivity index (χ2v) is 10.6. The van der Waals surface area contributed by atoms with Crippen LogP contribution in [0.15, 0.2) is 6.20 Å². The second-order valence-electron chi connectivity index (χ2n) is 8.27. The second kappa shape index (κ2) is 7.61. The quantitative estimate of drug-likeness (QED) is 0.685. The van der Waals surface area contributed by atoms with E-state index in [1.54, 1.807) is 0 Å². The van der Waals surface area contributed by atoms with Crippen LogP contribution in [-0.2, 0) is 20.8 Å². The number of nitrogens with one attached hydrogen (secondary N) is 1. The first kappa shape index (κ1) is 21.8. The lowest BCUT2D eigenvalue weighted by Gasteiger charge is -2.29. The summed E-state index contributed by atoms with van der Waals surface area (Å²) in [5.41, 5.74) is -2.20. The first-order valence-electron chi connectivity index (χ1n) is 9.89. The van der Waals surface area contributed by atoms with Crippen LogP contribution in [0.5, 0.6) is 0 Å². The van der Waals surface area contributed by atoms with Crippen molar-refractivity contribution >= 4 is 27.7 Å². The van der Waals surface area contributed by atoms with Crippen LogP contribution in [0, 0.1) is 17.8 Å². The number of amides is 1. The lowest BCUT2D eigenvalue weighted by atomic mass is 9.84. The lowest BCUT2D eigenvalue weighted by Crippen LogP contribution is -2.44. The topological polar surface area (TPSA) is 130 Å². The van der Waals surface area contributed by atoms with Gasteiger partial charge in [-0.05, 0) is 31.1 Å². The van der Waals surface area contributed by atoms with Crippen LogP contribution >= 0.6 is 0 Å². The van der Waals surface area contributed by atoms with Gasteiger partial charge in [-0.25, -0.2) is 18.4 Å². The largest absolute Gasteiger partial charge is 0.481 e. The number of carboxylic acid groups (broad SMARTS) is 1. The molecule has 1 saturated heterocycles. The van der Waals surface area contributed by atoms with E-state index in [-0.39, 0.29) is 42.4 Å². The van der Waals surface area contributed by atoms with E-state index < -0.39 is 51.1 Å². The lowest BCUT2D eigenvalue weighted by molar-refractivity contribution is -0.144. The molecule has 4 rings (SSSR count). The smallest absolute Gasteiger partial charge is 0.434 e. The van der Waals surface area contributed by atoms with Gasteiger partial charge in [-0.3, -0.25) is 9.59 Å². The van der Waals surface area contributed by atoms with Crippen LogP contribution in [0.25, 0.3) is 0 Å². The molecular weight excluding hydrogens is 441 g/mol. The average Bonchev–Trinajstić information content (AvgIpc) is 3.28. The summed E-state index contributed by atoms with van der Waals surface area (Å²) in [4.78, 5) is 32.7. The number of hydrogen-bond acceptors (Lipinski definition) is 7. The highest BCUT2D eigenvalue weighted by molar-refractivity contribution is 7.91. The van der Waals surface area contributed by atoms with Gasteiger partial charge < -0.3 is 15.3 Å². The highest BCUT2D eigenvalue weighted by Gasteiger charge is 2.51. The molecule has 13 heteroatoms. The minimum atomic E-state index is -4.95. The van der Waals surface area contributed by atoms with Crippen molar-refractivity contribution in [3.63, 3.8) is 0 Å². The number of anilines is 1. The van der Waals surface area contributed by atoms with Crippen molar-refractivity contribution in [2.75, 3.05) is 29.9 Å². The molecule has 2 saturated carbocycles. The summed E-state index contributed by atoms with van der Waals surface area (Å²) in [7, 11) is -3.31. The standard InChI is InChI=1S/C18H21F3N4O5S/c19-18(20,21)14-11(15(26)25-3-5-31(29,30)6-4-25)8-22-17(24-14)23-13-10-2-1-9(7-10)12(13)16(27)28/h8-10,12-13H,1-7H2,(H,27,28)(H,22,23,24)/t9-,10+,12-,13+/m1/s1. The van der Waals surface area contributed by atoms with E-state index >= 15 is 0 Å². The Morgan fingerprint density at radius 1 is 1.16 bits per heavy atom. The number of halogens is 3. The van der Waals surface area contributed by atoms with Gasteiger partial charge in [-0.1, -0.05) is 0 Å². The van der Waals surface area contributed by atoms with E-state index in [4.69, 9.17) is 0 Å². The highest BCUT2D eigenvalue weighted by atomic mass is 32.2. The fraction of sp³-hybridized carbons (Fsp3) is 0.667. The van der Waals surface area contributed by atoms with Crippen molar-refractivity contribution in [3.05, 3.63) is 17.5 Å². The van der Waals surface area contributed by atoms with Crippen LogP contribution in [-0.4, -0.2) is 70.9 Å². The van der Waals surface area contributed by atoms with Crippen LogP contribution in [0.1, 0.15) is 35.3 Å². The summed E-state index contributed by atoms with van der Waals surface area (Å²) in [5, 5.41) is 12.3. The predicted octanol–water partition coefficient (Wildman–Crippen LogP) is 1.28. The molecule has 1 aliphatic heterocycles. The van der Waals surface area contributed by atoms with Gasteiger partial charge in [-0.2, -0.15) is 13.2 Å². The first-order valence-corrected chi connectivity index (χ1v) is 11.7. The Balaban J connectivity index is 1.59. The van der Waals surface area contributed by atoms with E-state index in [1.807, 2.05) is 0 Å². The molecule has 1 aromatic rings. The molecule has 2 heterocycles. The van der Waals surface area contributed by atoms with Crippen LogP contribution in [0.4, 0.5) is 19.1 Å². The molecule has 0 unspecified atom stereocenters. The Bertz CT molecular complexity index is 1000. The van der Waals surface area contributed by atoms with Crippen molar-refractivity contribution in [1.29, 1.82) is 0 Å². The number of aliphatic carboxylic acids is 1. The third-order valence-corrected chi connectivity index (χ3v) is 8.03. The predicted molar refractivity (Wildman–Crippen MR) is 101 cm³/mol. The summed E-state index contributed by atoms with van der Waals surface area (Å²) in [5.74, 6) is -3.76. The Morgan fingerprint density at radius 2 is 1.81 bits per heavy atom. The van der Waals surface area contributed by atoms with Gasteiger partial charge in [0.25, 0.3) is 5.91 Å².